The fourth-order valence-corrected chi connectivity index (χ4v) is 2.60. The molecule has 0 saturated carbocycles. The number of nitrogen functional groups attached to an aromatic ring is 1. The molecule has 2 N–H and O–H groups in total. The molecule has 0 bridgehead atoms. The summed E-state index contributed by atoms with van der Waals surface area (Å²) in [6.07, 6.45) is 1.75. The van der Waals surface area contributed by atoms with Gasteiger partial charge in [0.05, 0.1) is 10.7 Å². The summed E-state index contributed by atoms with van der Waals surface area (Å²) >= 11 is 13.4. The van der Waals surface area contributed by atoms with Crippen LogP contribution in [0.1, 0.15) is 0 Å². The lowest BCUT2D eigenvalue weighted by molar-refractivity contribution is 0.738. The fraction of sp³-hybridized carbons (Fsp3) is 0.100. The fourth-order valence-electron chi connectivity index (χ4n) is 1.23. The Labute approximate surface area is 108 Å². The summed E-state index contributed by atoms with van der Waals surface area (Å²) < 4.78 is 1.66. The lowest BCUT2D eigenvalue weighted by Gasteiger charge is -2.02. The molecule has 3 nitrogen and oxygen atoms in total. The second-order valence-electron chi connectivity index (χ2n) is 3.24. The maximum atomic E-state index is 6.05. The topological polar surface area (TPSA) is 43.8 Å². The smallest absolute Gasteiger partial charge is 0.146 e. The average molecular weight is 274 g/mol. The third-order valence-electron chi connectivity index (χ3n) is 1.92. The molecule has 84 valence electrons. The quantitative estimate of drug-likeness (QED) is 0.912. The minimum Gasteiger partial charge on any atom is -0.395 e. The highest BCUT2D eigenvalue weighted by Gasteiger charge is 2.09. The Hall–Kier alpha value is -0.840. The van der Waals surface area contributed by atoms with Crippen molar-refractivity contribution < 1.29 is 0 Å². The van der Waals surface area contributed by atoms with Gasteiger partial charge in [-0.1, -0.05) is 35.0 Å². The van der Waals surface area contributed by atoms with Crippen LogP contribution in [0.5, 0.6) is 0 Å². The molecule has 1 aromatic carbocycles. The maximum absolute atomic E-state index is 6.05. The standard InChI is InChI=1S/C10H9Cl2N3S/c1-15-5-8(13)10(14-15)16-9-4-6(11)2-3-7(9)12/h2-5H,13H2,1H3. The summed E-state index contributed by atoms with van der Waals surface area (Å²) in [6, 6.07) is 5.30. The van der Waals surface area contributed by atoms with Crippen molar-refractivity contribution in [2.75, 3.05) is 5.73 Å². The first-order valence-corrected chi connectivity index (χ1v) is 6.05. The van der Waals surface area contributed by atoms with Gasteiger partial charge in [0, 0.05) is 23.2 Å². The van der Waals surface area contributed by atoms with Gasteiger partial charge >= 0.3 is 0 Å². The Balaban J connectivity index is 2.33. The van der Waals surface area contributed by atoms with Crippen LogP contribution < -0.4 is 5.73 Å². The minimum atomic E-state index is 0.628. The molecule has 2 rings (SSSR count). The van der Waals surface area contributed by atoms with E-state index in [1.54, 1.807) is 29.1 Å². The van der Waals surface area contributed by atoms with Crippen molar-refractivity contribution in [3.05, 3.63) is 34.4 Å². The van der Waals surface area contributed by atoms with Crippen molar-refractivity contribution in [2.24, 2.45) is 7.05 Å². The van der Waals surface area contributed by atoms with Crippen molar-refractivity contribution >= 4 is 40.7 Å². The van der Waals surface area contributed by atoms with E-state index >= 15 is 0 Å². The van der Waals surface area contributed by atoms with Gasteiger partial charge < -0.3 is 5.73 Å². The molecule has 1 aromatic heterocycles. The minimum absolute atomic E-state index is 0.628. The third-order valence-corrected chi connectivity index (χ3v) is 3.67. The van der Waals surface area contributed by atoms with Crippen molar-refractivity contribution in [2.45, 2.75) is 9.92 Å². The van der Waals surface area contributed by atoms with Crippen LogP contribution in [-0.2, 0) is 7.05 Å². The third kappa shape index (κ3) is 2.45. The second kappa shape index (κ2) is 4.57. The highest BCUT2D eigenvalue weighted by molar-refractivity contribution is 7.99. The summed E-state index contributed by atoms with van der Waals surface area (Å²) in [4.78, 5) is 0.847. The Morgan fingerprint density at radius 2 is 2.12 bits per heavy atom. The van der Waals surface area contributed by atoms with Crippen molar-refractivity contribution in [1.82, 2.24) is 9.78 Å². The van der Waals surface area contributed by atoms with E-state index in [1.807, 2.05) is 7.05 Å². The number of halogens is 2. The molecule has 0 radical (unpaired) electrons. The number of aryl methyl sites for hydroxylation is 1. The highest BCUT2D eigenvalue weighted by Crippen LogP contribution is 2.36. The van der Waals surface area contributed by atoms with Crippen molar-refractivity contribution in [3.8, 4) is 0 Å². The molecule has 0 spiro atoms. The Morgan fingerprint density at radius 1 is 1.38 bits per heavy atom. The summed E-state index contributed by atoms with van der Waals surface area (Å²) in [5, 5.41) is 6.24. The van der Waals surface area contributed by atoms with E-state index in [-0.39, 0.29) is 0 Å². The van der Waals surface area contributed by atoms with Gasteiger partial charge in [-0.15, -0.1) is 0 Å². The van der Waals surface area contributed by atoms with Crippen LogP contribution in [0.15, 0.2) is 34.3 Å². The van der Waals surface area contributed by atoms with Gasteiger partial charge in [0.25, 0.3) is 0 Å². The first kappa shape index (κ1) is 11.6. The zero-order valence-corrected chi connectivity index (χ0v) is 10.8. The van der Waals surface area contributed by atoms with Gasteiger partial charge in [-0.3, -0.25) is 4.68 Å². The van der Waals surface area contributed by atoms with E-state index in [2.05, 4.69) is 5.10 Å². The predicted octanol–water partition coefficient (Wildman–Crippen LogP) is 3.46. The molecule has 0 atom stereocenters. The molecule has 0 fully saturated rings. The highest BCUT2D eigenvalue weighted by atomic mass is 35.5. The van der Waals surface area contributed by atoms with Crippen LogP contribution in [0.2, 0.25) is 10.0 Å². The molecule has 6 heteroatoms. The zero-order chi connectivity index (χ0) is 11.7. The lowest BCUT2D eigenvalue weighted by Crippen LogP contribution is -1.86. The van der Waals surface area contributed by atoms with Crippen LogP contribution in [0.4, 0.5) is 5.69 Å². The first-order valence-electron chi connectivity index (χ1n) is 4.48. The van der Waals surface area contributed by atoms with E-state index in [0.29, 0.717) is 15.7 Å². The molecule has 0 aliphatic carbocycles. The Bertz CT molecular complexity index is 525. The Morgan fingerprint density at radius 3 is 2.75 bits per heavy atom. The van der Waals surface area contributed by atoms with Gasteiger partial charge in [-0.2, -0.15) is 5.10 Å². The predicted molar refractivity (Wildman–Crippen MR) is 68.2 cm³/mol. The SMILES string of the molecule is Cn1cc(N)c(Sc2cc(Cl)ccc2Cl)n1. The number of benzene rings is 1. The van der Waals surface area contributed by atoms with Gasteiger partial charge in [-0.25, -0.2) is 0 Å². The van der Waals surface area contributed by atoms with Gasteiger partial charge in [0.2, 0.25) is 0 Å². The second-order valence-corrected chi connectivity index (χ2v) is 5.11. The normalized spacial score (nSPS) is 10.7. The molecule has 0 aliphatic rings. The van der Waals surface area contributed by atoms with Gasteiger partial charge in [0.15, 0.2) is 0 Å². The van der Waals surface area contributed by atoms with Crippen LogP contribution in [0.3, 0.4) is 0 Å². The van der Waals surface area contributed by atoms with Crippen LogP contribution in [0.25, 0.3) is 0 Å². The number of nitrogens with zero attached hydrogens (tertiary/aromatic N) is 2. The number of anilines is 1. The van der Waals surface area contributed by atoms with Crippen LogP contribution in [-0.4, -0.2) is 9.78 Å². The summed E-state index contributed by atoms with van der Waals surface area (Å²) in [5.41, 5.74) is 6.43. The molecule has 0 unspecified atom stereocenters. The molecule has 2 aromatic rings. The van der Waals surface area contributed by atoms with Crippen LogP contribution in [0, 0.1) is 0 Å². The summed E-state index contributed by atoms with van der Waals surface area (Å²) in [5.74, 6) is 0. The molecular weight excluding hydrogens is 265 g/mol. The first-order chi connectivity index (χ1) is 7.56. The monoisotopic (exact) mass is 273 g/mol. The molecule has 1 heterocycles. The number of rotatable bonds is 2. The molecule has 0 aliphatic heterocycles. The molecule has 0 saturated heterocycles. The molecular formula is C10H9Cl2N3S. The van der Waals surface area contributed by atoms with Crippen molar-refractivity contribution in [1.29, 1.82) is 0 Å². The van der Waals surface area contributed by atoms with E-state index in [0.717, 1.165) is 9.92 Å². The van der Waals surface area contributed by atoms with Crippen LogP contribution >= 0.6 is 35.0 Å². The number of aromatic nitrogens is 2. The van der Waals surface area contributed by atoms with Gasteiger partial charge in [-0.05, 0) is 18.2 Å². The maximum Gasteiger partial charge on any atom is 0.146 e. The lowest BCUT2D eigenvalue weighted by atomic mass is 10.4. The molecule has 0 amide bonds. The summed E-state index contributed by atoms with van der Waals surface area (Å²) in [7, 11) is 1.82. The largest absolute Gasteiger partial charge is 0.395 e. The van der Waals surface area contributed by atoms with Crippen molar-refractivity contribution in [3.63, 3.8) is 0 Å². The number of hydrogen-bond acceptors (Lipinski definition) is 3. The number of hydrogen-bond donors (Lipinski definition) is 1. The Kier molecular flexibility index (Phi) is 3.33. The molecule has 16 heavy (non-hydrogen) atoms. The van der Waals surface area contributed by atoms with E-state index < -0.39 is 0 Å². The summed E-state index contributed by atoms with van der Waals surface area (Å²) in [6.45, 7) is 0. The van der Waals surface area contributed by atoms with Gasteiger partial charge in [0.1, 0.15) is 5.03 Å². The van der Waals surface area contributed by atoms with E-state index in [9.17, 15) is 0 Å². The average Bonchev–Trinajstić information content (AvgIpc) is 2.51. The number of nitrogens with two attached hydrogens (primary N) is 1. The van der Waals surface area contributed by atoms with E-state index in [1.165, 1.54) is 11.8 Å². The van der Waals surface area contributed by atoms with E-state index in [4.69, 9.17) is 28.9 Å². The zero-order valence-electron chi connectivity index (χ0n) is 8.45.